The number of benzene rings is 1. The van der Waals surface area contributed by atoms with Gasteiger partial charge in [-0.15, -0.1) is 0 Å². The third kappa shape index (κ3) is 4.48. The second-order valence-electron chi connectivity index (χ2n) is 4.57. The number of nitrogens with one attached hydrogen (secondary N) is 1. The number of aliphatic hydroxyl groups excluding tert-OH is 1. The van der Waals surface area contributed by atoms with E-state index in [0.29, 0.717) is 19.3 Å². The molecule has 20 heavy (non-hydrogen) atoms. The summed E-state index contributed by atoms with van der Waals surface area (Å²) in [5.74, 6) is -0.00304. The zero-order valence-corrected chi connectivity index (χ0v) is 11.2. The highest BCUT2D eigenvalue weighted by Gasteiger charge is 2.03. The Kier molecular flexibility index (Phi) is 5.26. The van der Waals surface area contributed by atoms with Crippen molar-refractivity contribution in [3.8, 4) is 0 Å². The Morgan fingerprint density at radius 2 is 1.65 bits per heavy atom. The Labute approximate surface area is 118 Å². The first-order valence-corrected chi connectivity index (χ1v) is 6.66. The second-order valence-corrected chi connectivity index (χ2v) is 4.57. The molecular formula is C16H18N2O2. The number of hydrogen-bond donors (Lipinski definition) is 2. The summed E-state index contributed by atoms with van der Waals surface area (Å²) in [6, 6.07) is 11.4. The van der Waals surface area contributed by atoms with Crippen molar-refractivity contribution in [1.29, 1.82) is 0 Å². The van der Waals surface area contributed by atoms with Gasteiger partial charge in [-0.2, -0.15) is 0 Å². The number of aliphatic hydroxyl groups is 1. The van der Waals surface area contributed by atoms with Crippen LogP contribution in [0.25, 0.3) is 0 Å². The van der Waals surface area contributed by atoms with Crippen LogP contribution in [-0.4, -0.2) is 22.6 Å². The monoisotopic (exact) mass is 270 g/mol. The van der Waals surface area contributed by atoms with Gasteiger partial charge in [0.15, 0.2) is 0 Å². The predicted molar refractivity (Wildman–Crippen MR) is 78.4 cm³/mol. The maximum Gasteiger partial charge on any atom is 0.224 e. The summed E-state index contributed by atoms with van der Waals surface area (Å²) < 4.78 is 0. The van der Waals surface area contributed by atoms with Gasteiger partial charge in [0.2, 0.25) is 5.91 Å². The van der Waals surface area contributed by atoms with Gasteiger partial charge in [0.05, 0.1) is 0 Å². The van der Waals surface area contributed by atoms with Gasteiger partial charge in [-0.25, -0.2) is 0 Å². The first-order valence-electron chi connectivity index (χ1n) is 6.66. The van der Waals surface area contributed by atoms with Gasteiger partial charge in [-0.3, -0.25) is 9.78 Å². The van der Waals surface area contributed by atoms with Gasteiger partial charge in [0.25, 0.3) is 0 Å². The van der Waals surface area contributed by atoms with Gasteiger partial charge in [-0.1, -0.05) is 12.1 Å². The van der Waals surface area contributed by atoms with Crippen molar-refractivity contribution in [3.63, 3.8) is 0 Å². The molecule has 4 heteroatoms. The summed E-state index contributed by atoms with van der Waals surface area (Å²) in [6.45, 7) is 0.137. The highest BCUT2D eigenvalue weighted by atomic mass is 16.2. The molecule has 2 aromatic rings. The van der Waals surface area contributed by atoms with Crippen LogP contribution in [0.15, 0.2) is 48.8 Å². The van der Waals surface area contributed by atoms with Crippen LogP contribution in [0, 0.1) is 0 Å². The molecule has 1 amide bonds. The summed E-state index contributed by atoms with van der Waals surface area (Å²) >= 11 is 0. The summed E-state index contributed by atoms with van der Waals surface area (Å²) in [5, 5.41) is 11.7. The maximum absolute atomic E-state index is 11.8. The zero-order chi connectivity index (χ0) is 14.2. The number of aryl methyl sites for hydroxylation is 1. The minimum absolute atomic E-state index is 0.00304. The fraction of sp³-hybridized carbons (Fsp3) is 0.250. The Balaban J connectivity index is 1.82. The van der Waals surface area contributed by atoms with Gasteiger partial charge in [-0.05, 0) is 48.2 Å². The van der Waals surface area contributed by atoms with E-state index in [4.69, 9.17) is 5.11 Å². The Hall–Kier alpha value is -2.20. The zero-order valence-electron chi connectivity index (χ0n) is 11.2. The molecule has 0 aliphatic rings. The Bertz CT molecular complexity index is 538. The highest BCUT2D eigenvalue weighted by molar-refractivity contribution is 5.90. The lowest BCUT2D eigenvalue weighted by Crippen LogP contribution is -2.12. The van der Waals surface area contributed by atoms with Gasteiger partial charge in [0.1, 0.15) is 0 Å². The number of rotatable bonds is 6. The average Bonchev–Trinajstić information content (AvgIpc) is 2.49. The van der Waals surface area contributed by atoms with E-state index in [1.165, 1.54) is 0 Å². The van der Waals surface area contributed by atoms with E-state index < -0.39 is 0 Å². The van der Waals surface area contributed by atoms with Crippen molar-refractivity contribution in [2.45, 2.75) is 19.3 Å². The molecule has 0 bridgehead atoms. The van der Waals surface area contributed by atoms with Crippen molar-refractivity contribution in [2.75, 3.05) is 11.9 Å². The molecule has 1 heterocycles. The molecule has 1 aromatic carbocycles. The Morgan fingerprint density at radius 1 is 1.00 bits per heavy atom. The van der Waals surface area contributed by atoms with E-state index in [9.17, 15) is 4.79 Å². The van der Waals surface area contributed by atoms with Crippen molar-refractivity contribution >= 4 is 11.6 Å². The van der Waals surface area contributed by atoms with E-state index in [1.807, 2.05) is 36.4 Å². The van der Waals surface area contributed by atoms with E-state index >= 15 is 0 Å². The minimum atomic E-state index is -0.00304. The van der Waals surface area contributed by atoms with Crippen molar-refractivity contribution in [3.05, 3.63) is 59.9 Å². The Morgan fingerprint density at radius 3 is 2.30 bits per heavy atom. The van der Waals surface area contributed by atoms with Crippen LogP contribution in [0.2, 0.25) is 0 Å². The average molecular weight is 270 g/mol. The van der Waals surface area contributed by atoms with Gasteiger partial charge in [0, 0.05) is 31.1 Å². The number of pyridine rings is 1. The van der Waals surface area contributed by atoms with E-state index in [2.05, 4.69) is 10.3 Å². The number of carbonyl (C=O) groups is 1. The standard InChI is InChI=1S/C16H18N2O2/c19-12-9-13-1-4-15(5-2-13)18-16(20)6-3-14-7-10-17-11-8-14/h1-2,4-5,7-8,10-11,19H,3,6,9,12H2,(H,18,20). The smallest absolute Gasteiger partial charge is 0.224 e. The van der Waals surface area contributed by atoms with Crippen LogP contribution in [-0.2, 0) is 17.6 Å². The third-order valence-corrected chi connectivity index (χ3v) is 3.03. The molecule has 0 atom stereocenters. The molecule has 2 N–H and O–H groups in total. The molecule has 0 aliphatic heterocycles. The number of amides is 1. The highest BCUT2D eigenvalue weighted by Crippen LogP contribution is 2.11. The summed E-state index contributed by atoms with van der Waals surface area (Å²) in [6.07, 6.45) is 5.25. The molecule has 0 unspecified atom stereocenters. The number of carbonyl (C=O) groups excluding carboxylic acids is 1. The third-order valence-electron chi connectivity index (χ3n) is 3.03. The molecule has 2 rings (SSSR count). The molecule has 0 aliphatic carbocycles. The first-order chi connectivity index (χ1) is 9.78. The molecular weight excluding hydrogens is 252 g/mol. The predicted octanol–water partition coefficient (Wildman–Crippen LogP) is 2.19. The number of aromatic nitrogens is 1. The number of nitrogens with zero attached hydrogens (tertiary/aromatic N) is 1. The molecule has 4 nitrogen and oxygen atoms in total. The molecule has 0 radical (unpaired) electrons. The van der Waals surface area contributed by atoms with Crippen LogP contribution < -0.4 is 5.32 Å². The van der Waals surface area contributed by atoms with Crippen molar-refractivity contribution in [2.24, 2.45) is 0 Å². The fourth-order valence-electron chi connectivity index (χ4n) is 1.91. The topological polar surface area (TPSA) is 62.2 Å². The minimum Gasteiger partial charge on any atom is -0.396 e. The lowest BCUT2D eigenvalue weighted by Gasteiger charge is -2.06. The lowest BCUT2D eigenvalue weighted by atomic mass is 10.1. The van der Waals surface area contributed by atoms with Crippen LogP contribution in [0.3, 0.4) is 0 Å². The molecule has 104 valence electrons. The SMILES string of the molecule is O=C(CCc1ccncc1)Nc1ccc(CCO)cc1. The normalized spacial score (nSPS) is 10.2. The summed E-state index contributed by atoms with van der Waals surface area (Å²) in [4.78, 5) is 15.8. The van der Waals surface area contributed by atoms with Crippen LogP contribution in [0.5, 0.6) is 0 Å². The van der Waals surface area contributed by atoms with E-state index in [0.717, 1.165) is 16.8 Å². The largest absolute Gasteiger partial charge is 0.396 e. The molecule has 0 spiro atoms. The fourth-order valence-corrected chi connectivity index (χ4v) is 1.91. The number of hydrogen-bond acceptors (Lipinski definition) is 3. The molecule has 1 aromatic heterocycles. The molecule has 0 saturated carbocycles. The second kappa shape index (κ2) is 7.40. The molecule has 0 saturated heterocycles. The van der Waals surface area contributed by atoms with E-state index in [1.54, 1.807) is 12.4 Å². The first kappa shape index (κ1) is 14.2. The van der Waals surface area contributed by atoms with Crippen LogP contribution in [0.4, 0.5) is 5.69 Å². The lowest BCUT2D eigenvalue weighted by molar-refractivity contribution is -0.116. The van der Waals surface area contributed by atoms with Crippen LogP contribution >= 0.6 is 0 Å². The van der Waals surface area contributed by atoms with Gasteiger partial charge < -0.3 is 10.4 Å². The summed E-state index contributed by atoms with van der Waals surface area (Å²) in [5.41, 5.74) is 2.95. The number of anilines is 1. The van der Waals surface area contributed by atoms with E-state index in [-0.39, 0.29) is 12.5 Å². The summed E-state index contributed by atoms with van der Waals surface area (Å²) in [7, 11) is 0. The van der Waals surface area contributed by atoms with Crippen LogP contribution in [0.1, 0.15) is 17.5 Å². The maximum atomic E-state index is 11.8. The van der Waals surface area contributed by atoms with Gasteiger partial charge >= 0.3 is 0 Å². The van der Waals surface area contributed by atoms with Crippen molar-refractivity contribution < 1.29 is 9.90 Å². The van der Waals surface area contributed by atoms with Crippen molar-refractivity contribution in [1.82, 2.24) is 4.98 Å². The quantitative estimate of drug-likeness (QED) is 0.845. The molecule has 0 fully saturated rings.